The van der Waals surface area contributed by atoms with Crippen LogP contribution in [0.15, 0.2) is 6.33 Å². The fourth-order valence-corrected chi connectivity index (χ4v) is 1.98. The Morgan fingerprint density at radius 1 is 1.56 bits per heavy atom. The molecule has 1 fully saturated rings. The molecule has 96 valence electrons. The van der Waals surface area contributed by atoms with Crippen LogP contribution in [0.25, 0.3) is 11.2 Å². The van der Waals surface area contributed by atoms with Crippen molar-refractivity contribution in [2.75, 3.05) is 18.9 Å². The van der Waals surface area contributed by atoms with Crippen LogP contribution in [0.1, 0.15) is 6.23 Å². The Bertz CT molecular complexity index is 589. The number of aromatic nitrogens is 4. The van der Waals surface area contributed by atoms with Crippen molar-refractivity contribution in [1.82, 2.24) is 19.5 Å². The third-order valence-electron chi connectivity index (χ3n) is 2.61. The average molecular weight is 272 g/mol. The van der Waals surface area contributed by atoms with Crippen molar-refractivity contribution in [1.29, 1.82) is 0 Å². The first-order valence-corrected chi connectivity index (χ1v) is 5.60. The van der Waals surface area contributed by atoms with Crippen LogP contribution in [0.3, 0.4) is 0 Å². The van der Waals surface area contributed by atoms with Crippen LogP contribution in [0, 0.1) is 0 Å². The van der Waals surface area contributed by atoms with Crippen LogP contribution in [-0.2, 0) is 9.47 Å². The molecule has 0 spiro atoms. The fourth-order valence-electron chi connectivity index (χ4n) is 1.81. The van der Waals surface area contributed by atoms with Crippen molar-refractivity contribution in [3.05, 3.63) is 11.6 Å². The zero-order valence-corrected chi connectivity index (χ0v) is 9.91. The van der Waals surface area contributed by atoms with Gasteiger partial charge in [-0.3, -0.25) is 4.57 Å². The number of hydrogen-bond donors (Lipinski definition) is 2. The summed E-state index contributed by atoms with van der Waals surface area (Å²) in [5.74, 6) is 0.210. The van der Waals surface area contributed by atoms with E-state index in [-0.39, 0.29) is 24.3 Å². The monoisotopic (exact) mass is 271 g/mol. The molecule has 0 radical (unpaired) electrons. The Kier molecular flexibility index (Phi) is 2.78. The smallest absolute Gasteiger partial charge is 0.226 e. The first kappa shape index (κ1) is 11.6. The van der Waals surface area contributed by atoms with Gasteiger partial charge < -0.3 is 20.3 Å². The molecule has 2 aromatic rings. The highest BCUT2D eigenvalue weighted by Crippen LogP contribution is 2.26. The van der Waals surface area contributed by atoms with E-state index in [9.17, 15) is 0 Å². The highest BCUT2D eigenvalue weighted by Gasteiger charge is 2.28. The van der Waals surface area contributed by atoms with E-state index >= 15 is 0 Å². The van der Waals surface area contributed by atoms with Crippen LogP contribution in [0.4, 0.5) is 5.82 Å². The van der Waals surface area contributed by atoms with Crippen molar-refractivity contribution in [2.45, 2.75) is 12.5 Å². The van der Waals surface area contributed by atoms with Gasteiger partial charge in [0.2, 0.25) is 5.28 Å². The summed E-state index contributed by atoms with van der Waals surface area (Å²) in [5.41, 5.74) is 6.63. The SMILES string of the molecule is Nc1nc(Cl)nc2c1ncn2[C@@H]1CO[C@H](CO)O1. The van der Waals surface area contributed by atoms with E-state index in [2.05, 4.69) is 15.0 Å². The molecule has 0 amide bonds. The van der Waals surface area contributed by atoms with Gasteiger partial charge >= 0.3 is 0 Å². The number of hydrogen-bond acceptors (Lipinski definition) is 7. The maximum Gasteiger partial charge on any atom is 0.226 e. The summed E-state index contributed by atoms with van der Waals surface area (Å²) in [6, 6.07) is 0. The molecule has 0 aliphatic carbocycles. The fraction of sp³-hybridized carbons (Fsp3) is 0.444. The summed E-state index contributed by atoms with van der Waals surface area (Å²) < 4.78 is 12.3. The summed E-state index contributed by atoms with van der Waals surface area (Å²) in [4.78, 5) is 12.0. The molecular formula is C9H10ClN5O3. The van der Waals surface area contributed by atoms with Crippen LogP contribution in [0.5, 0.6) is 0 Å². The summed E-state index contributed by atoms with van der Waals surface area (Å²) in [7, 11) is 0. The Morgan fingerprint density at radius 2 is 2.39 bits per heavy atom. The Balaban J connectivity index is 2.03. The van der Waals surface area contributed by atoms with Gasteiger partial charge in [-0.05, 0) is 11.6 Å². The van der Waals surface area contributed by atoms with Crippen LogP contribution in [-0.4, -0.2) is 44.1 Å². The predicted molar refractivity (Wildman–Crippen MR) is 61.7 cm³/mol. The second-order valence-electron chi connectivity index (χ2n) is 3.74. The van der Waals surface area contributed by atoms with Gasteiger partial charge in [-0.15, -0.1) is 0 Å². The van der Waals surface area contributed by atoms with Crippen molar-refractivity contribution in [3.8, 4) is 0 Å². The quantitative estimate of drug-likeness (QED) is 0.736. The lowest BCUT2D eigenvalue weighted by molar-refractivity contribution is -0.0980. The number of nitrogen functional groups attached to an aromatic ring is 1. The standard InChI is InChI=1S/C9H10ClN5O3/c10-9-13-7(11)6-8(14-9)15(3-12-6)4-2-17-5(1-16)18-4/h3-5,16H,1-2H2,(H2,11,13,14)/t4-,5-/m0/s1. The van der Waals surface area contributed by atoms with Crippen LogP contribution in [0.2, 0.25) is 5.28 Å². The molecule has 0 unspecified atom stereocenters. The van der Waals surface area contributed by atoms with E-state index in [1.165, 1.54) is 6.33 Å². The van der Waals surface area contributed by atoms with Crippen molar-refractivity contribution in [2.24, 2.45) is 0 Å². The maximum atomic E-state index is 8.94. The maximum absolute atomic E-state index is 8.94. The zero-order chi connectivity index (χ0) is 12.7. The molecule has 2 atom stereocenters. The summed E-state index contributed by atoms with van der Waals surface area (Å²) in [5, 5.41) is 8.98. The van der Waals surface area contributed by atoms with Gasteiger partial charge in [0.05, 0.1) is 19.5 Å². The molecule has 0 aromatic carbocycles. The first-order valence-electron chi connectivity index (χ1n) is 5.22. The highest BCUT2D eigenvalue weighted by molar-refractivity contribution is 6.28. The average Bonchev–Trinajstić information content (AvgIpc) is 2.93. The lowest BCUT2D eigenvalue weighted by atomic mass is 10.5. The summed E-state index contributed by atoms with van der Waals surface area (Å²) >= 11 is 5.76. The minimum absolute atomic E-state index is 0.0411. The molecule has 0 bridgehead atoms. The Labute approximate surface area is 106 Å². The summed E-state index contributed by atoms with van der Waals surface area (Å²) in [6.45, 7) is 0.0826. The van der Waals surface area contributed by atoms with Gasteiger partial charge in [0.15, 0.2) is 24.0 Å². The number of imidazole rings is 1. The molecule has 18 heavy (non-hydrogen) atoms. The van der Waals surface area contributed by atoms with E-state index in [0.29, 0.717) is 11.2 Å². The normalized spacial score (nSPS) is 23.9. The van der Waals surface area contributed by atoms with E-state index in [1.54, 1.807) is 4.57 Å². The van der Waals surface area contributed by atoms with Gasteiger partial charge in [-0.1, -0.05) is 0 Å². The summed E-state index contributed by atoms with van der Waals surface area (Å²) in [6.07, 6.45) is 0.472. The number of aliphatic hydroxyl groups is 1. The zero-order valence-electron chi connectivity index (χ0n) is 9.15. The van der Waals surface area contributed by atoms with Gasteiger partial charge in [0, 0.05) is 0 Å². The molecule has 8 nitrogen and oxygen atoms in total. The molecule has 1 aliphatic heterocycles. The molecule has 3 N–H and O–H groups in total. The second-order valence-corrected chi connectivity index (χ2v) is 4.08. The van der Waals surface area contributed by atoms with Gasteiger partial charge in [0.25, 0.3) is 0 Å². The predicted octanol–water partition coefficient (Wildman–Crippen LogP) is -0.0743. The number of fused-ring (bicyclic) bond motifs is 1. The lowest BCUT2D eigenvalue weighted by Gasteiger charge is -2.11. The minimum Gasteiger partial charge on any atom is -0.391 e. The molecular weight excluding hydrogens is 262 g/mol. The first-order chi connectivity index (χ1) is 8.69. The van der Waals surface area contributed by atoms with Gasteiger partial charge in [0.1, 0.15) is 5.52 Å². The number of halogens is 1. The van der Waals surface area contributed by atoms with Crippen molar-refractivity contribution in [3.63, 3.8) is 0 Å². The topological polar surface area (TPSA) is 108 Å². The van der Waals surface area contributed by atoms with Crippen LogP contribution < -0.4 is 5.73 Å². The highest BCUT2D eigenvalue weighted by atomic mass is 35.5. The van der Waals surface area contributed by atoms with E-state index in [0.717, 1.165) is 0 Å². The number of aliphatic hydroxyl groups excluding tert-OH is 1. The van der Waals surface area contributed by atoms with E-state index in [4.69, 9.17) is 31.9 Å². The molecule has 9 heteroatoms. The number of rotatable bonds is 2. The lowest BCUT2D eigenvalue weighted by Crippen LogP contribution is -2.15. The van der Waals surface area contributed by atoms with Gasteiger partial charge in [-0.25, -0.2) is 4.98 Å². The van der Waals surface area contributed by atoms with E-state index in [1.807, 2.05) is 0 Å². The molecule has 2 aromatic heterocycles. The minimum atomic E-state index is -0.637. The Morgan fingerprint density at radius 3 is 3.11 bits per heavy atom. The molecule has 3 rings (SSSR count). The number of nitrogens with two attached hydrogens (primary N) is 1. The number of nitrogens with zero attached hydrogens (tertiary/aromatic N) is 4. The second kappa shape index (κ2) is 4.32. The largest absolute Gasteiger partial charge is 0.391 e. The molecule has 0 saturated carbocycles. The molecule has 1 saturated heterocycles. The molecule has 1 aliphatic rings. The van der Waals surface area contributed by atoms with E-state index < -0.39 is 12.5 Å². The molecule has 3 heterocycles. The Hall–Kier alpha value is -1.48. The number of anilines is 1. The van der Waals surface area contributed by atoms with Crippen molar-refractivity contribution >= 4 is 28.6 Å². The third-order valence-corrected chi connectivity index (χ3v) is 2.78. The third kappa shape index (κ3) is 1.79. The van der Waals surface area contributed by atoms with Crippen molar-refractivity contribution < 1.29 is 14.6 Å². The number of ether oxygens (including phenoxy) is 2. The van der Waals surface area contributed by atoms with Crippen LogP contribution >= 0.6 is 11.6 Å². The van der Waals surface area contributed by atoms with Gasteiger partial charge in [-0.2, -0.15) is 9.97 Å².